The van der Waals surface area contributed by atoms with Crippen molar-refractivity contribution in [3.05, 3.63) is 119 Å². The first-order valence-electron chi connectivity index (χ1n) is 10.3. The lowest BCUT2D eigenvalue weighted by Gasteiger charge is -2.19. The van der Waals surface area contributed by atoms with Gasteiger partial charge in [-0.1, -0.05) is 78.9 Å². The molecule has 0 aliphatic carbocycles. The fourth-order valence-electron chi connectivity index (χ4n) is 4.10. The molecule has 2 heterocycles. The third kappa shape index (κ3) is 4.12. The Labute approximate surface area is 174 Å². The van der Waals surface area contributed by atoms with Crippen LogP contribution in [0, 0.1) is 0 Å². The largest absolute Gasteiger partial charge is 0.380 e. The summed E-state index contributed by atoms with van der Waals surface area (Å²) in [6, 6.07) is 15.2. The Hall–Kier alpha value is -3.26. The Morgan fingerprint density at radius 3 is 2.31 bits per heavy atom. The zero-order valence-electron chi connectivity index (χ0n) is 17.2. The minimum atomic E-state index is 0.223. The monoisotopic (exact) mass is 380 g/mol. The van der Waals surface area contributed by atoms with Crippen molar-refractivity contribution < 1.29 is 0 Å². The fourth-order valence-corrected chi connectivity index (χ4v) is 4.10. The number of allylic oxidation sites excluding steroid dienone is 8. The lowest BCUT2D eigenvalue weighted by Crippen LogP contribution is -2.15. The summed E-state index contributed by atoms with van der Waals surface area (Å²) in [6.45, 7) is 5.76. The maximum Gasteiger partial charge on any atom is 0.0416 e. The molecule has 2 nitrogen and oxygen atoms in total. The summed E-state index contributed by atoms with van der Waals surface area (Å²) in [7, 11) is 0. The van der Waals surface area contributed by atoms with Crippen LogP contribution in [0.4, 0.5) is 5.69 Å². The van der Waals surface area contributed by atoms with Gasteiger partial charge in [-0.05, 0) is 53.8 Å². The van der Waals surface area contributed by atoms with Gasteiger partial charge in [0.05, 0.1) is 0 Å². The van der Waals surface area contributed by atoms with Crippen LogP contribution in [0.25, 0.3) is 6.08 Å². The van der Waals surface area contributed by atoms with Crippen molar-refractivity contribution in [3.63, 3.8) is 0 Å². The first-order valence-corrected chi connectivity index (χ1v) is 10.3. The van der Waals surface area contributed by atoms with Gasteiger partial charge in [-0.25, -0.2) is 0 Å². The van der Waals surface area contributed by atoms with Crippen molar-refractivity contribution in [2.24, 2.45) is 0 Å². The van der Waals surface area contributed by atoms with E-state index in [9.17, 15) is 0 Å². The smallest absolute Gasteiger partial charge is 0.0416 e. The molecule has 2 N–H and O–H groups in total. The van der Waals surface area contributed by atoms with Gasteiger partial charge in [-0.2, -0.15) is 0 Å². The molecule has 0 saturated carbocycles. The van der Waals surface area contributed by atoms with Crippen molar-refractivity contribution >= 4 is 11.8 Å². The SMILES string of the molecule is C\C=C/C1=C(\C=C/C)NCc2cccc3c2C(C=C1)/C=C/c1ccccc1NC3. The molecular formula is C27H28N2. The van der Waals surface area contributed by atoms with Crippen LogP contribution in [0.3, 0.4) is 0 Å². The van der Waals surface area contributed by atoms with Crippen molar-refractivity contribution in [2.45, 2.75) is 32.9 Å². The third-order valence-corrected chi connectivity index (χ3v) is 5.48. The quantitative estimate of drug-likeness (QED) is 0.623. The number of benzene rings is 2. The molecule has 2 aliphatic rings. The summed E-state index contributed by atoms with van der Waals surface area (Å²) in [5.74, 6) is 0.223. The zero-order chi connectivity index (χ0) is 20.1. The van der Waals surface area contributed by atoms with E-state index in [1.54, 1.807) is 0 Å². The first kappa shape index (κ1) is 19.1. The van der Waals surface area contributed by atoms with Gasteiger partial charge in [0.1, 0.15) is 0 Å². The van der Waals surface area contributed by atoms with E-state index in [-0.39, 0.29) is 5.92 Å². The fraction of sp³-hybridized carbons (Fsp3) is 0.185. The molecular weight excluding hydrogens is 352 g/mol. The molecule has 1 unspecified atom stereocenters. The summed E-state index contributed by atoms with van der Waals surface area (Å²) in [6.07, 6.45) is 17.7. The standard InChI is InChI=1S/C27H28N2/c1-3-8-20-14-16-22-17-15-21-10-5-6-13-26(21)29-19-24-12-7-11-23(27(22)24)18-28-25(20)9-4-2/h3-17,22,28-29H,18-19H2,1-2H3/b8-3-,9-4-,16-14?,17-15+,25-20-. The second-order valence-corrected chi connectivity index (χ2v) is 7.40. The summed E-state index contributed by atoms with van der Waals surface area (Å²) < 4.78 is 0. The number of fused-ring (bicyclic) bond motifs is 1. The van der Waals surface area contributed by atoms with Gasteiger partial charge >= 0.3 is 0 Å². The average Bonchev–Trinajstić information content (AvgIpc) is 2.86. The van der Waals surface area contributed by atoms with Crippen LogP contribution in [-0.4, -0.2) is 0 Å². The van der Waals surface area contributed by atoms with Crippen molar-refractivity contribution in [1.82, 2.24) is 5.32 Å². The molecule has 2 heteroatoms. The molecule has 2 aliphatic heterocycles. The Balaban J connectivity index is 1.87. The first-order chi connectivity index (χ1) is 14.3. The molecule has 29 heavy (non-hydrogen) atoms. The lowest BCUT2D eigenvalue weighted by molar-refractivity contribution is 0.812. The lowest BCUT2D eigenvalue weighted by atomic mass is 9.88. The van der Waals surface area contributed by atoms with Gasteiger partial charge in [-0.3, -0.25) is 0 Å². The second kappa shape index (κ2) is 8.83. The van der Waals surface area contributed by atoms with Gasteiger partial charge in [0.25, 0.3) is 0 Å². The van der Waals surface area contributed by atoms with Crippen LogP contribution in [0.2, 0.25) is 0 Å². The maximum absolute atomic E-state index is 3.66. The summed E-state index contributed by atoms with van der Waals surface area (Å²) in [5, 5.41) is 7.30. The van der Waals surface area contributed by atoms with E-state index < -0.39 is 0 Å². The molecule has 2 aromatic rings. The van der Waals surface area contributed by atoms with E-state index in [0.29, 0.717) is 0 Å². The Bertz CT molecular complexity index is 1030. The Morgan fingerprint density at radius 2 is 1.52 bits per heavy atom. The highest BCUT2D eigenvalue weighted by molar-refractivity contribution is 5.68. The number of anilines is 1. The molecule has 4 rings (SSSR count). The molecule has 0 spiro atoms. The predicted molar refractivity (Wildman–Crippen MR) is 125 cm³/mol. The molecule has 0 radical (unpaired) electrons. The zero-order valence-corrected chi connectivity index (χ0v) is 17.2. The molecule has 2 aromatic carbocycles. The summed E-state index contributed by atoms with van der Waals surface area (Å²) >= 11 is 0. The molecule has 0 saturated heterocycles. The van der Waals surface area contributed by atoms with E-state index in [0.717, 1.165) is 18.8 Å². The Morgan fingerprint density at radius 1 is 0.793 bits per heavy atom. The molecule has 0 bridgehead atoms. The molecule has 0 fully saturated rings. The summed E-state index contributed by atoms with van der Waals surface area (Å²) in [4.78, 5) is 0. The third-order valence-electron chi connectivity index (χ3n) is 5.48. The van der Waals surface area contributed by atoms with Crippen LogP contribution in [0.1, 0.15) is 42.0 Å². The molecule has 0 amide bonds. The van der Waals surface area contributed by atoms with Gasteiger partial charge in [0, 0.05) is 30.4 Å². The van der Waals surface area contributed by atoms with Crippen LogP contribution in [0.5, 0.6) is 0 Å². The number of rotatable bonds is 2. The number of hydrogen-bond donors (Lipinski definition) is 2. The average molecular weight is 381 g/mol. The normalized spacial score (nSPS) is 22.2. The van der Waals surface area contributed by atoms with Crippen LogP contribution >= 0.6 is 0 Å². The number of nitrogens with one attached hydrogen (secondary N) is 2. The van der Waals surface area contributed by atoms with E-state index in [1.807, 2.05) is 0 Å². The highest BCUT2D eigenvalue weighted by Crippen LogP contribution is 2.33. The van der Waals surface area contributed by atoms with Gasteiger partial charge in [-0.15, -0.1) is 0 Å². The van der Waals surface area contributed by atoms with Crippen LogP contribution in [0.15, 0.2) is 96.3 Å². The van der Waals surface area contributed by atoms with Crippen LogP contribution < -0.4 is 10.6 Å². The van der Waals surface area contributed by atoms with Gasteiger partial charge in [0.15, 0.2) is 0 Å². The van der Waals surface area contributed by atoms with Gasteiger partial charge < -0.3 is 10.6 Å². The minimum absolute atomic E-state index is 0.223. The number of hydrogen-bond acceptors (Lipinski definition) is 2. The maximum atomic E-state index is 3.66. The van der Waals surface area contributed by atoms with Crippen molar-refractivity contribution in [1.29, 1.82) is 0 Å². The molecule has 0 aromatic heterocycles. The molecule has 1 atom stereocenters. The number of para-hydroxylation sites is 1. The van der Waals surface area contributed by atoms with Crippen LogP contribution in [-0.2, 0) is 13.1 Å². The predicted octanol–water partition coefficient (Wildman–Crippen LogP) is 6.47. The van der Waals surface area contributed by atoms with E-state index in [4.69, 9.17) is 0 Å². The van der Waals surface area contributed by atoms with Crippen molar-refractivity contribution in [2.75, 3.05) is 5.32 Å². The van der Waals surface area contributed by atoms with Crippen molar-refractivity contribution in [3.8, 4) is 0 Å². The van der Waals surface area contributed by atoms with Gasteiger partial charge in [0.2, 0.25) is 0 Å². The highest BCUT2D eigenvalue weighted by Gasteiger charge is 2.18. The van der Waals surface area contributed by atoms with E-state index >= 15 is 0 Å². The highest BCUT2D eigenvalue weighted by atomic mass is 14.9. The topological polar surface area (TPSA) is 24.1 Å². The minimum Gasteiger partial charge on any atom is -0.380 e. The van der Waals surface area contributed by atoms with E-state index in [2.05, 4.69) is 116 Å². The summed E-state index contributed by atoms with van der Waals surface area (Å²) in [5.41, 5.74) is 8.85. The van der Waals surface area contributed by atoms with E-state index in [1.165, 1.54) is 33.5 Å². The second-order valence-electron chi connectivity index (χ2n) is 7.40. The Kier molecular flexibility index (Phi) is 5.81. The molecule has 146 valence electrons.